The molecule has 142 valence electrons. The first-order valence-electron chi connectivity index (χ1n) is 8.57. The molecular formula is C20H19N5O3. The zero-order valence-electron chi connectivity index (χ0n) is 15.7. The van der Waals surface area contributed by atoms with Crippen LogP contribution in [0.25, 0.3) is 0 Å². The lowest BCUT2D eigenvalue weighted by Gasteiger charge is -2.09. The van der Waals surface area contributed by atoms with E-state index in [1.807, 2.05) is 19.9 Å². The van der Waals surface area contributed by atoms with Gasteiger partial charge in [0.25, 0.3) is 11.6 Å². The Morgan fingerprint density at radius 2 is 1.54 bits per heavy atom. The van der Waals surface area contributed by atoms with Gasteiger partial charge in [-0.3, -0.25) is 14.9 Å². The summed E-state index contributed by atoms with van der Waals surface area (Å²) in [5.74, 6) is 0.173. The number of nitro benzene ring substituents is 1. The van der Waals surface area contributed by atoms with Gasteiger partial charge in [0.1, 0.15) is 0 Å². The fourth-order valence-electron chi connectivity index (χ4n) is 2.75. The molecule has 1 aromatic heterocycles. The quantitative estimate of drug-likeness (QED) is 0.506. The van der Waals surface area contributed by atoms with Crippen LogP contribution in [0.2, 0.25) is 0 Å². The van der Waals surface area contributed by atoms with Crippen LogP contribution in [0.3, 0.4) is 0 Å². The molecule has 0 saturated heterocycles. The molecule has 0 spiro atoms. The first-order valence-corrected chi connectivity index (χ1v) is 8.57. The van der Waals surface area contributed by atoms with Gasteiger partial charge in [-0.25, -0.2) is 9.97 Å². The number of nitrogens with zero attached hydrogens (tertiary/aromatic N) is 3. The third-order valence-corrected chi connectivity index (χ3v) is 4.04. The van der Waals surface area contributed by atoms with Gasteiger partial charge in [0.15, 0.2) is 0 Å². The Morgan fingerprint density at radius 1 is 0.929 bits per heavy atom. The molecule has 0 aliphatic rings. The average molecular weight is 377 g/mol. The average Bonchev–Trinajstić information content (AvgIpc) is 2.62. The number of nitrogens with one attached hydrogen (secondary N) is 2. The van der Waals surface area contributed by atoms with Crippen molar-refractivity contribution >= 4 is 28.9 Å². The summed E-state index contributed by atoms with van der Waals surface area (Å²) >= 11 is 0. The first kappa shape index (κ1) is 19.0. The Balaban J connectivity index is 1.69. The largest absolute Gasteiger partial charge is 0.324 e. The van der Waals surface area contributed by atoms with E-state index in [4.69, 9.17) is 0 Å². The third-order valence-electron chi connectivity index (χ3n) is 4.04. The summed E-state index contributed by atoms with van der Waals surface area (Å²) in [5.41, 5.74) is 3.91. The van der Waals surface area contributed by atoms with E-state index in [0.717, 1.165) is 17.1 Å². The fraction of sp³-hybridized carbons (Fsp3) is 0.150. The van der Waals surface area contributed by atoms with E-state index < -0.39 is 4.92 Å². The van der Waals surface area contributed by atoms with Crippen LogP contribution in [0.5, 0.6) is 0 Å². The lowest BCUT2D eigenvalue weighted by atomic mass is 10.1. The Bertz CT molecular complexity index is 1030. The van der Waals surface area contributed by atoms with Gasteiger partial charge in [-0.1, -0.05) is 0 Å². The van der Waals surface area contributed by atoms with Crippen molar-refractivity contribution in [3.63, 3.8) is 0 Å². The zero-order valence-corrected chi connectivity index (χ0v) is 15.7. The normalized spacial score (nSPS) is 10.4. The SMILES string of the molecule is Cc1cc(C)nc(Nc2ccc(NC(=O)c3ccc([N+](=O)[O-])c(C)c3)cc2)n1. The summed E-state index contributed by atoms with van der Waals surface area (Å²) in [6, 6.07) is 13.3. The molecule has 2 N–H and O–H groups in total. The maximum absolute atomic E-state index is 12.4. The fourth-order valence-corrected chi connectivity index (χ4v) is 2.75. The van der Waals surface area contributed by atoms with Gasteiger partial charge < -0.3 is 10.6 Å². The van der Waals surface area contributed by atoms with Crippen LogP contribution in [0.15, 0.2) is 48.5 Å². The van der Waals surface area contributed by atoms with Gasteiger partial charge in [0, 0.05) is 40.0 Å². The van der Waals surface area contributed by atoms with Crippen molar-refractivity contribution in [1.29, 1.82) is 0 Å². The van der Waals surface area contributed by atoms with Crippen molar-refractivity contribution in [2.75, 3.05) is 10.6 Å². The van der Waals surface area contributed by atoms with E-state index in [1.165, 1.54) is 18.2 Å². The summed E-state index contributed by atoms with van der Waals surface area (Å²) in [6.45, 7) is 5.40. The Kier molecular flexibility index (Phi) is 5.30. The van der Waals surface area contributed by atoms with Crippen molar-refractivity contribution in [2.45, 2.75) is 20.8 Å². The maximum atomic E-state index is 12.4. The second-order valence-electron chi connectivity index (χ2n) is 6.39. The van der Waals surface area contributed by atoms with Crippen LogP contribution in [0.4, 0.5) is 23.0 Å². The number of rotatable bonds is 5. The maximum Gasteiger partial charge on any atom is 0.272 e. The van der Waals surface area contributed by atoms with Crippen LogP contribution < -0.4 is 10.6 Å². The topological polar surface area (TPSA) is 110 Å². The number of aryl methyl sites for hydroxylation is 3. The van der Waals surface area contributed by atoms with Crippen LogP contribution in [0.1, 0.15) is 27.3 Å². The molecule has 2 aromatic carbocycles. The van der Waals surface area contributed by atoms with Gasteiger partial charge >= 0.3 is 0 Å². The van der Waals surface area contributed by atoms with E-state index >= 15 is 0 Å². The van der Waals surface area contributed by atoms with Crippen LogP contribution >= 0.6 is 0 Å². The molecule has 1 amide bonds. The Hall–Kier alpha value is -3.81. The standard InChI is InChI=1S/C20H19N5O3/c1-12-10-15(4-9-18(12)25(27)28)19(26)23-16-5-7-17(8-6-16)24-20-21-13(2)11-14(3)22-20/h4-11H,1-3H3,(H,23,26)(H,21,22,24). The number of hydrogen-bond donors (Lipinski definition) is 2. The van der Waals surface area contributed by atoms with E-state index in [2.05, 4.69) is 20.6 Å². The minimum Gasteiger partial charge on any atom is -0.324 e. The highest BCUT2D eigenvalue weighted by Crippen LogP contribution is 2.21. The summed E-state index contributed by atoms with van der Waals surface area (Å²) in [5, 5.41) is 16.8. The van der Waals surface area contributed by atoms with Gasteiger partial charge in [0.05, 0.1) is 4.92 Å². The van der Waals surface area contributed by atoms with Crippen LogP contribution in [-0.2, 0) is 0 Å². The molecule has 0 saturated carbocycles. The second kappa shape index (κ2) is 7.83. The lowest BCUT2D eigenvalue weighted by Crippen LogP contribution is -2.12. The molecule has 0 bridgehead atoms. The molecule has 0 aliphatic heterocycles. The predicted molar refractivity (Wildman–Crippen MR) is 107 cm³/mol. The molecule has 28 heavy (non-hydrogen) atoms. The van der Waals surface area contributed by atoms with Crippen LogP contribution in [-0.4, -0.2) is 20.8 Å². The molecule has 0 radical (unpaired) electrons. The lowest BCUT2D eigenvalue weighted by molar-refractivity contribution is -0.385. The molecule has 0 aliphatic carbocycles. The molecule has 8 nitrogen and oxygen atoms in total. The monoisotopic (exact) mass is 377 g/mol. The predicted octanol–water partition coefficient (Wildman–Crippen LogP) is 4.31. The molecule has 0 unspecified atom stereocenters. The van der Waals surface area contributed by atoms with E-state index in [9.17, 15) is 14.9 Å². The molecule has 3 aromatic rings. The molecule has 1 heterocycles. The number of anilines is 3. The van der Waals surface area contributed by atoms with Crippen molar-refractivity contribution in [3.8, 4) is 0 Å². The van der Waals surface area contributed by atoms with Gasteiger partial charge in [-0.15, -0.1) is 0 Å². The Labute approximate surface area is 161 Å². The van der Waals surface area contributed by atoms with Crippen molar-refractivity contribution in [2.24, 2.45) is 0 Å². The van der Waals surface area contributed by atoms with E-state index in [-0.39, 0.29) is 11.6 Å². The van der Waals surface area contributed by atoms with Crippen molar-refractivity contribution in [3.05, 3.63) is 81.2 Å². The molecule has 0 atom stereocenters. The number of nitro groups is 1. The minimum atomic E-state index is -0.470. The van der Waals surface area contributed by atoms with Gasteiger partial charge in [-0.05, 0) is 63.2 Å². The third kappa shape index (κ3) is 4.47. The molecule has 8 heteroatoms. The second-order valence-corrected chi connectivity index (χ2v) is 6.39. The van der Waals surface area contributed by atoms with Crippen LogP contribution in [0, 0.1) is 30.9 Å². The van der Waals surface area contributed by atoms with E-state index in [1.54, 1.807) is 31.2 Å². The highest BCUT2D eigenvalue weighted by Gasteiger charge is 2.14. The first-order chi connectivity index (χ1) is 13.3. The summed E-state index contributed by atoms with van der Waals surface area (Å²) < 4.78 is 0. The van der Waals surface area contributed by atoms with E-state index in [0.29, 0.717) is 22.8 Å². The number of carbonyl (C=O) groups excluding carboxylic acids is 1. The van der Waals surface area contributed by atoms with Crippen molar-refractivity contribution < 1.29 is 9.72 Å². The molecule has 3 rings (SSSR count). The van der Waals surface area contributed by atoms with Gasteiger partial charge in [-0.2, -0.15) is 0 Å². The minimum absolute atomic E-state index is 0.0134. The zero-order chi connectivity index (χ0) is 20.3. The summed E-state index contributed by atoms with van der Waals surface area (Å²) in [7, 11) is 0. The number of carbonyl (C=O) groups is 1. The number of benzene rings is 2. The highest BCUT2D eigenvalue weighted by molar-refractivity contribution is 6.04. The van der Waals surface area contributed by atoms with Gasteiger partial charge in [0.2, 0.25) is 5.95 Å². The molecule has 0 fully saturated rings. The Morgan fingerprint density at radius 3 is 2.11 bits per heavy atom. The highest BCUT2D eigenvalue weighted by atomic mass is 16.6. The number of aromatic nitrogens is 2. The number of hydrogen-bond acceptors (Lipinski definition) is 6. The summed E-state index contributed by atoms with van der Waals surface area (Å²) in [6.07, 6.45) is 0. The number of amides is 1. The van der Waals surface area contributed by atoms with Crippen molar-refractivity contribution in [1.82, 2.24) is 9.97 Å². The smallest absolute Gasteiger partial charge is 0.272 e. The summed E-state index contributed by atoms with van der Waals surface area (Å²) in [4.78, 5) is 31.5. The molecular weight excluding hydrogens is 358 g/mol.